The molecule has 0 radical (unpaired) electrons. The highest BCUT2D eigenvalue weighted by Crippen LogP contribution is 2.17. The molecule has 2 rings (SSSR count). The topological polar surface area (TPSA) is 56.9 Å². The van der Waals surface area contributed by atoms with E-state index in [2.05, 4.69) is 4.90 Å². The first-order chi connectivity index (χ1) is 8.61. The third kappa shape index (κ3) is 2.73. The van der Waals surface area contributed by atoms with Crippen molar-refractivity contribution in [1.29, 1.82) is 0 Å². The van der Waals surface area contributed by atoms with E-state index < -0.39 is 0 Å². The van der Waals surface area contributed by atoms with Gasteiger partial charge in [-0.25, -0.2) is 0 Å². The van der Waals surface area contributed by atoms with Crippen LogP contribution in [-0.4, -0.2) is 60.1 Å². The number of aliphatic hydroxyl groups is 1. The van der Waals surface area contributed by atoms with Gasteiger partial charge in [0.15, 0.2) is 0 Å². The molecule has 0 aliphatic carbocycles. The molecule has 0 atom stereocenters. The minimum atomic E-state index is 0.0491. The Morgan fingerprint density at radius 1 is 1.33 bits per heavy atom. The molecule has 1 aromatic rings. The van der Waals surface area contributed by atoms with Crippen molar-refractivity contribution >= 4 is 5.91 Å². The van der Waals surface area contributed by atoms with Gasteiger partial charge in [-0.3, -0.25) is 9.69 Å². The van der Waals surface area contributed by atoms with Crippen LogP contribution in [0.5, 0.6) is 0 Å². The molecule has 1 amide bonds. The normalized spacial score (nSPS) is 17.2. The number of hydrogen-bond acceptors (Lipinski definition) is 4. The van der Waals surface area contributed by atoms with Crippen molar-refractivity contribution in [2.45, 2.75) is 13.8 Å². The number of carbonyl (C=O) groups excluding carboxylic acids is 1. The van der Waals surface area contributed by atoms with Gasteiger partial charge in [-0.2, -0.15) is 0 Å². The second-order valence-corrected chi connectivity index (χ2v) is 4.68. The van der Waals surface area contributed by atoms with Crippen LogP contribution in [0, 0.1) is 13.8 Å². The molecule has 1 N–H and O–H groups in total. The molecule has 0 unspecified atom stereocenters. The lowest BCUT2D eigenvalue weighted by Crippen LogP contribution is -2.49. The van der Waals surface area contributed by atoms with E-state index in [4.69, 9.17) is 9.52 Å². The minimum Gasteiger partial charge on any atom is -0.466 e. The molecule has 1 aliphatic rings. The summed E-state index contributed by atoms with van der Waals surface area (Å²) in [6, 6.07) is 1.80. The lowest BCUT2D eigenvalue weighted by Gasteiger charge is -2.34. The zero-order chi connectivity index (χ0) is 13.1. The molecule has 1 aromatic heterocycles. The van der Waals surface area contributed by atoms with Gasteiger partial charge in [-0.1, -0.05) is 0 Å². The molecule has 2 heterocycles. The molecule has 1 fully saturated rings. The van der Waals surface area contributed by atoms with Gasteiger partial charge in [0, 0.05) is 32.7 Å². The quantitative estimate of drug-likeness (QED) is 0.858. The number of nitrogens with zero attached hydrogens (tertiary/aromatic N) is 2. The largest absolute Gasteiger partial charge is 0.466 e. The molecular weight excluding hydrogens is 232 g/mol. The van der Waals surface area contributed by atoms with Crippen LogP contribution in [0.4, 0.5) is 0 Å². The van der Waals surface area contributed by atoms with Crippen LogP contribution in [0.3, 0.4) is 0 Å². The molecule has 0 bridgehead atoms. The maximum atomic E-state index is 12.3. The summed E-state index contributed by atoms with van der Waals surface area (Å²) >= 11 is 0. The van der Waals surface area contributed by atoms with E-state index in [0.717, 1.165) is 18.8 Å². The zero-order valence-electron chi connectivity index (χ0n) is 11.0. The van der Waals surface area contributed by atoms with Gasteiger partial charge < -0.3 is 14.4 Å². The van der Waals surface area contributed by atoms with Crippen molar-refractivity contribution in [2.75, 3.05) is 39.3 Å². The minimum absolute atomic E-state index is 0.0491. The average Bonchev–Trinajstić information content (AvgIpc) is 2.69. The second kappa shape index (κ2) is 5.54. The van der Waals surface area contributed by atoms with Crippen LogP contribution < -0.4 is 0 Å². The van der Waals surface area contributed by atoms with Crippen LogP contribution in [0.25, 0.3) is 0 Å². The number of aliphatic hydroxyl groups excluding tert-OH is 1. The number of rotatable bonds is 3. The van der Waals surface area contributed by atoms with E-state index in [-0.39, 0.29) is 12.5 Å². The first-order valence-electron chi connectivity index (χ1n) is 6.31. The summed E-state index contributed by atoms with van der Waals surface area (Å²) in [4.78, 5) is 16.3. The first kappa shape index (κ1) is 13.1. The molecule has 0 saturated carbocycles. The molecule has 0 aromatic carbocycles. The highest BCUT2D eigenvalue weighted by Gasteiger charge is 2.24. The highest BCUT2D eigenvalue weighted by atomic mass is 16.3. The molecule has 100 valence electrons. The molecule has 1 aliphatic heterocycles. The highest BCUT2D eigenvalue weighted by molar-refractivity contribution is 5.95. The smallest absolute Gasteiger partial charge is 0.257 e. The van der Waals surface area contributed by atoms with E-state index in [0.29, 0.717) is 31.0 Å². The molecule has 1 saturated heterocycles. The van der Waals surface area contributed by atoms with E-state index in [9.17, 15) is 4.79 Å². The van der Waals surface area contributed by atoms with Crippen molar-refractivity contribution in [2.24, 2.45) is 0 Å². The fourth-order valence-corrected chi connectivity index (χ4v) is 2.33. The van der Waals surface area contributed by atoms with Crippen LogP contribution in [-0.2, 0) is 0 Å². The summed E-state index contributed by atoms with van der Waals surface area (Å²) in [6.45, 7) is 7.60. The van der Waals surface area contributed by atoms with E-state index in [1.165, 1.54) is 0 Å². The number of amides is 1. The summed E-state index contributed by atoms with van der Waals surface area (Å²) in [6.07, 6.45) is 0. The van der Waals surface area contributed by atoms with Crippen LogP contribution in [0.1, 0.15) is 21.9 Å². The van der Waals surface area contributed by atoms with Gasteiger partial charge in [-0.15, -0.1) is 0 Å². The monoisotopic (exact) mass is 252 g/mol. The standard InChI is InChI=1S/C13H20N2O3/c1-10-9-12(11(2)18-10)13(17)15-5-3-14(4-6-15)7-8-16/h9,16H,3-8H2,1-2H3. The van der Waals surface area contributed by atoms with Crippen molar-refractivity contribution in [1.82, 2.24) is 9.80 Å². The van der Waals surface area contributed by atoms with E-state index >= 15 is 0 Å². The van der Waals surface area contributed by atoms with E-state index in [1.54, 1.807) is 6.07 Å². The predicted molar refractivity (Wildman–Crippen MR) is 67.6 cm³/mol. The van der Waals surface area contributed by atoms with Gasteiger partial charge in [0.2, 0.25) is 0 Å². The number of furan rings is 1. The Hall–Kier alpha value is -1.33. The SMILES string of the molecule is Cc1cc(C(=O)N2CCN(CCO)CC2)c(C)o1. The number of hydrogen-bond donors (Lipinski definition) is 1. The third-order valence-electron chi connectivity index (χ3n) is 3.35. The number of aryl methyl sites for hydroxylation is 2. The van der Waals surface area contributed by atoms with Gasteiger partial charge in [0.05, 0.1) is 12.2 Å². The summed E-state index contributed by atoms with van der Waals surface area (Å²) < 4.78 is 5.40. The fourth-order valence-electron chi connectivity index (χ4n) is 2.33. The Morgan fingerprint density at radius 2 is 2.00 bits per heavy atom. The average molecular weight is 252 g/mol. The predicted octanol–water partition coefficient (Wildman–Crippen LogP) is 0.647. The van der Waals surface area contributed by atoms with Crippen LogP contribution in [0.2, 0.25) is 0 Å². The first-order valence-corrected chi connectivity index (χ1v) is 6.31. The van der Waals surface area contributed by atoms with Gasteiger partial charge in [-0.05, 0) is 19.9 Å². The third-order valence-corrected chi connectivity index (χ3v) is 3.35. The fraction of sp³-hybridized carbons (Fsp3) is 0.615. The Labute approximate surface area is 107 Å². The summed E-state index contributed by atoms with van der Waals surface area (Å²) in [7, 11) is 0. The number of carbonyl (C=O) groups is 1. The summed E-state index contributed by atoms with van der Waals surface area (Å²) in [5.74, 6) is 1.51. The Balaban J connectivity index is 1.97. The van der Waals surface area contributed by atoms with Crippen molar-refractivity contribution in [3.63, 3.8) is 0 Å². The van der Waals surface area contributed by atoms with Gasteiger partial charge >= 0.3 is 0 Å². The molecule has 5 heteroatoms. The van der Waals surface area contributed by atoms with Crippen molar-refractivity contribution in [3.8, 4) is 0 Å². The molecule has 0 spiro atoms. The Morgan fingerprint density at radius 3 is 2.50 bits per heavy atom. The Kier molecular flexibility index (Phi) is 4.04. The lowest BCUT2D eigenvalue weighted by atomic mass is 10.2. The van der Waals surface area contributed by atoms with Crippen molar-refractivity contribution in [3.05, 3.63) is 23.2 Å². The van der Waals surface area contributed by atoms with Gasteiger partial charge in [0.25, 0.3) is 5.91 Å². The maximum absolute atomic E-state index is 12.3. The zero-order valence-corrected chi connectivity index (χ0v) is 11.0. The molecule has 5 nitrogen and oxygen atoms in total. The molecule has 18 heavy (non-hydrogen) atoms. The maximum Gasteiger partial charge on any atom is 0.257 e. The van der Waals surface area contributed by atoms with Crippen molar-refractivity contribution < 1.29 is 14.3 Å². The summed E-state index contributed by atoms with van der Waals surface area (Å²) in [5, 5.41) is 8.88. The van der Waals surface area contributed by atoms with Gasteiger partial charge in [0.1, 0.15) is 11.5 Å². The second-order valence-electron chi connectivity index (χ2n) is 4.68. The summed E-state index contributed by atoms with van der Waals surface area (Å²) in [5.41, 5.74) is 0.670. The van der Waals surface area contributed by atoms with E-state index in [1.807, 2.05) is 18.7 Å². The van der Waals surface area contributed by atoms with Crippen LogP contribution >= 0.6 is 0 Å². The lowest BCUT2D eigenvalue weighted by molar-refractivity contribution is 0.0613. The Bertz CT molecular complexity index is 420. The number of β-amino-alcohol motifs (C(OH)–C–C–N with tert-alkyl or cyclic N) is 1. The van der Waals surface area contributed by atoms with Crippen LogP contribution in [0.15, 0.2) is 10.5 Å². The number of piperazine rings is 1. The molecular formula is C13H20N2O3.